The van der Waals surface area contributed by atoms with Gasteiger partial charge in [-0.15, -0.1) is 0 Å². The molecule has 0 aliphatic heterocycles. The van der Waals surface area contributed by atoms with Crippen LogP contribution in [0.25, 0.3) is 11.0 Å². The topological polar surface area (TPSA) is 50.7 Å². The molecule has 4 nitrogen and oxygen atoms in total. The van der Waals surface area contributed by atoms with Gasteiger partial charge in [-0.3, -0.25) is 4.79 Å². The third-order valence-electron chi connectivity index (χ3n) is 2.59. The van der Waals surface area contributed by atoms with E-state index >= 15 is 0 Å². The van der Waals surface area contributed by atoms with Gasteiger partial charge in [-0.1, -0.05) is 0 Å². The first-order valence-electron chi connectivity index (χ1n) is 5.23. The molecule has 17 heavy (non-hydrogen) atoms. The number of halogens is 1. The Bertz CT molecular complexity index is 702. The Morgan fingerprint density at radius 3 is 2.76 bits per heavy atom. The molecule has 0 radical (unpaired) electrons. The summed E-state index contributed by atoms with van der Waals surface area (Å²) in [6.45, 7) is 5.33. The number of aromatic amines is 1. The van der Waals surface area contributed by atoms with E-state index in [9.17, 15) is 9.18 Å². The van der Waals surface area contributed by atoms with E-state index < -0.39 is 11.2 Å². The van der Waals surface area contributed by atoms with Gasteiger partial charge in [0.25, 0.3) is 0 Å². The van der Waals surface area contributed by atoms with E-state index in [1.54, 1.807) is 10.8 Å². The fraction of sp³-hybridized carbons (Fsp3) is 0.364. The molecule has 0 aromatic carbocycles. The maximum atomic E-state index is 13.5. The fourth-order valence-corrected chi connectivity index (χ4v) is 1.98. The van der Waals surface area contributed by atoms with Crippen molar-refractivity contribution >= 4 is 23.3 Å². The van der Waals surface area contributed by atoms with Gasteiger partial charge in [0.2, 0.25) is 10.2 Å². The fourth-order valence-electron chi connectivity index (χ4n) is 1.62. The molecule has 2 aromatic rings. The smallest absolute Gasteiger partial charge is 0.228 e. The lowest BCUT2D eigenvalue weighted by molar-refractivity contribution is 0.577. The van der Waals surface area contributed by atoms with E-state index in [-0.39, 0.29) is 17.1 Å². The van der Waals surface area contributed by atoms with E-state index in [0.29, 0.717) is 10.4 Å². The summed E-state index contributed by atoms with van der Waals surface area (Å²) in [4.78, 5) is 18.6. The van der Waals surface area contributed by atoms with Gasteiger partial charge in [-0.05, 0) is 33.0 Å². The van der Waals surface area contributed by atoms with Crippen LogP contribution in [0.2, 0.25) is 0 Å². The average molecular weight is 253 g/mol. The summed E-state index contributed by atoms with van der Waals surface area (Å²) in [6, 6.07) is 0.0724. The Hall–Kier alpha value is -1.56. The monoisotopic (exact) mass is 253 g/mol. The number of H-pyrrole nitrogens is 1. The molecule has 0 aliphatic rings. The number of nitrogens with one attached hydrogen (secondary N) is 1. The Kier molecular flexibility index (Phi) is 2.82. The minimum atomic E-state index is -0.772. The van der Waals surface area contributed by atoms with E-state index in [4.69, 9.17) is 12.2 Å². The molecular formula is C11H12FN3OS. The Balaban J connectivity index is 2.95. The van der Waals surface area contributed by atoms with Gasteiger partial charge >= 0.3 is 0 Å². The summed E-state index contributed by atoms with van der Waals surface area (Å²) in [5.41, 5.74) is -0.143. The highest BCUT2D eigenvalue weighted by molar-refractivity contribution is 7.71. The summed E-state index contributed by atoms with van der Waals surface area (Å²) < 4.78 is 15.5. The van der Waals surface area contributed by atoms with Crippen LogP contribution in [0.15, 0.2) is 11.0 Å². The van der Waals surface area contributed by atoms with Crippen molar-refractivity contribution in [2.45, 2.75) is 26.8 Å². The number of pyridine rings is 1. The second-order valence-electron chi connectivity index (χ2n) is 4.18. The molecule has 90 valence electrons. The Labute approximate surface area is 102 Å². The standard InChI is InChI=1S/C11H12FN3OS/c1-5(2)15-4-7-9(16)8(12)6(3)13-10(7)14-11(15)17/h4-5H,1-3H3,(H,13,14,17). The predicted octanol–water partition coefficient (Wildman–Crippen LogP) is 2.48. The number of rotatable bonds is 1. The summed E-state index contributed by atoms with van der Waals surface area (Å²) in [5, 5.41) is 0.218. The molecule has 2 rings (SSSR count). The second-order valence-corrected chi connectivity index (χ2v) is 4.55. The number of hydrogen-bond acceptors (Lipinski definition) is 3. The highest BCUT2D eigenvalue weighted by Gasteiger charge is 2.11. The quantitative estimate of drug-likeness (QED) is 0.794. The zero-order valence-corrected chi connectivity index (χ0v) is 10.6. The molecule has 0 fully saturated rings. The van der Waals surface area contributed by atoms with E-state index in [1.807, 2.05) is 13.8 Å². The first-order chi connectivity index (χ1) is 7.91. The molecular weight excluding hydrogens is 241 g/mol. The number of nitrogens with zero attached hydrogens (tertiary/aromatic N) is 2. The van der Waals surface area contributed by atoms with Crippen molar-refractivity contribution in [3.8, 4) is 0 Å². The normalized spacial score (nSPS) is 11.4. The molecule has 0 unspecified atom stereocenters. The summed E-state index contributed by atoms with van der Waals surface area (Å²) in [5.74, 6) is -0.772. The number of aryl methyl sites for hydroxylation is 1. The Morgan fingerprint density at radius 2 is 2.18 bits per heavy atom. The maximum Gasteiger partial charge on any atom is 0.228 e. The van der Waals surface area contributed by atoms with Crippen LogP contribution in [0.4, 0.5) is 4.39 Å². The van der Waals surface area contributed by atoms with Gasteiger partial charge in [-0.25, -0.2) is 9.37 Å². The molecule has 6 heteroatoms. The third kappa shape index (κ3) is 1.88. The molecule has 0 atom stereocenters. The highest BCUT2D eigenvalue weighted by atomic mass is 32.1. The van der Waals surface area contributed by atoms with Crippen LogP contribution >= 0.6 is 12.2 Å². The molecule has 0 bridgehead atoms. The number of aromatic nitrogens is 3. The van der Waals surface area contributed by atoms with Crippen LogP contribution in [0.5, 0.6) is 0 Å². The molecule has 0 saturated carbocycles. The maximum absolute atomic E-state index is 13.5. The van der Waals surface area contributed by atoms with Crippen molar-refractivity contribution in [3.05, 3.63) is 32.7 Å². The molecule has 0 spiro atoms. The lowest BCUT2D eigenvalue weighted by Gasteiger charge is -2.11. The molecule has 2 heterocycles. The number of hydrogen-bond donors (Lipinski definition) is 1. The van der Waals surface area contributed by atoms with Gasteiger partial charge in [0.05, 0.1) is 11.1 Å². The number of fused-ring (bicyclic) bond motifs is 1. The average Bonchev–Trinajstić information content (AvgIpc) is 2.25. The summed E-state index contributed by atoms with van der Waals surface area (Å²) in [7, 11) is 0. The Morgan fingerprint density at radius 1 is 1.53 bits per heavy atom. The van der Waals surface area contributed by atoms with Crippen LogP contribution in [-0.2, 0) is 0 Å². The highest BCUT2D eigenvalue weighted by Crippen LogP contribution is 2.11. The lowest BCUT2D eigenvalue weighted by atomic mass is 10.2. The molecule has 0 amide bonds. The summed E-state index contributed by atoms with van der Waals surface area (Å²) in [6.07, 6.45) is 1.55. The minimum absolute atomic E-state index is 0.0724. The van der Waals surface area contributed by atoms with Crippen molar-refractivity contribution in [3.63, 3.8) is 0 Å². The van der Waals surface area contributed by atoms with Crippen molar-refractivity contribution in [2.24, 2.45) is 0 Å². The van der Waals surface area contributed by atoms with Crippen molar-refractivity contribution in [1.29, 1.82) is 0 Å². The van der Waals surface area contributed by atoms with E-state index in [0.717, 1.165) is 0 Å². The first kappa shape index (κ1) is 11.9. The van der Waals surface area contributed by atoms with Crippen LogP contribution in [0.1, 0.15) is 25.6 Å². The summed E-state index contributed by atoms with van der Waals surface area (Å²) >= 11 is 5.11. The zero-order valence-electron chi connectivity index (χ0n) is 9.74. The molecule has 2 aromatic heterocycles. The molecule has 0 aliphatic carbocycles. The van der Waals surface area contributed by atoms with Crippen LogP contribution in [0.3, 0.4) is 0 Å². The van der Waals surface area contributed by atoms with Crippen molar-refractivity contribution in [1.82, 2.24) is 14.5 Å². The minimum Gasteiger partial charge on any atom is -0.341 e. The molecule has 1 N–H and O–H groups in total. The van der Waals surface area contributed by atoms with Gasteiger partial charge in [0.1, 0.15) is 5.65 Å². The van der Waals surface area contributed by atoms with Crippen LogP contribution < -0.4 is 5.43 Å². The van der Waals surface area contributed by atoms with E-state index in [1.165, 1.54) is 6.92 Å². The predicted molar refractivity (Wildman–Crippen MR) is 66.3 cm³/mol. The van der Waals surface area contributed by atoms with Gasteiger partial charge < -0.3 is 9.55 Å². The largest absolute Gasteiger partial charge is 0.341 e. The SMILES string of the molecule is Cc1[nH]c2nc(=S)n(C(C)C)cc2c(=O)c1F. The van der Waals surface area contributed by atoms with Gasteiger partial charge in [-0.2, -0.15) is 0 Å². The van der Waals surface area contributed by atoms with Crippen molar-refractivity contribution < 1.29 is 4.39 Å². The second kappa shape index (κ2) is 4.03. The van der Waals surface area contributed by atoms with Gasteiger partial charge in [0, 0.05) is 12.2 Å². The zero-order chi connectivity index (χ0) is 12.7. The van der Waals surface area contributed by atoms with E-state index in [2.05, 4.69) is 9.97 Å². The van der Waals surface area contributed by atoms with Crippen LogP contribution in [0, 0.1) is 17.5 Å². The van der Waals surface area contributed by atoms with Crippen molar-refractivity contribution in [2.75, 3.05) is 0 Å². The lowest BCUT2D eigenvalue weighted by Crippen LogP contribution is -2.15. The molecule has 0 saturated heterocycles. The third-order valence-corrected chi connectivity index (χ3v) is 2.89. The van der Waals surface area contributed by atoms with Crippen LogP contribution in [-0.4, -0.2) is 14.5 Å². The first-order valence-corrected chi connectivity index (χ1v) is 5.64. The van der Waals surface area contributed by atoms with Gasteiger partial charge in [0.15, 0.2) is 5.82 Å².